The average Bonchev–Trinajstić information content (AvgIpc) is 2.37. The molecule has 0 aliphatic rings. The van der Waals surface area contributed by atoms with Gasteiger partial charge in [0.2, 0.25) is 0 Å². The van der Waals surface area contributed by atoms with Crippen molar-refractivity contribution in [3.05, 3.63) is 46.9 Å². The first kappa shape index (κ1) is 15.8. The van der Waals surface area contributed by atoms with Gasteiger partial charge in [0.15, 0.2) is 0 Å². The summed E-state index contributed by atoms with van der Waals surface area (Å²) in [5.74, 6) is 1.71. The summed E-state index contributed by atoms with van der Waals surface area (Å²) in [6.45, 7) is 10.7. The summed E-state index contributed by atoms with van der Waals surface area (Å²) in [6, 6.07) is 10.1. The number of nitrogens with one attached hydrogen (secondary N) is 1. The van der Waals surface area contributed by atoms with Gasteiger partial charge in [0.25, 0.3) is 0 Å². The van der Waals surface area contributed by atoms with E-state index < -0.39 is 0 Å². The average molecular weight is 304 g/mol. The second-order valence-corrected chi connectivity index (χ2v) is 6.93. The highest BCUT2D eigenvalue weighted by atomic mass is 35.5. The van der Waals surface area contributed by atoms with Crippen LogP contribution in [0.25, 0.3) is 0 Å². The Hall–Kier alpha value is -1.61. The van der Waals surface area contributed by atoms with E-state index in [1.54, 1.807) is 6.07 Å². The molecule has 0 aliphatic heterocycles. The van der Waals surface area contributed by atoms with Crippen LogP contribution in [0, 0.1) is 0 Å². The van der Waals surface area contributed by atoms with E-state index in [0.29, 0.717) is 5.15 Å². The molecule has 1 heterocycles. The largest absolute Gasteiger partial charge is 0.340 e. The van der Waals surface area contributed by atoms with Crippen molar-refractivity contribution in [2.75, 3.05) is 5.32 Å². The van der Waals surface area contributed by atoms with Gasteiger partial charge in [0.05, 0.1) is 0 Å². The molecule has 1 aromatic heterocycles. The Morgan fingerprint density at radius 3 is 2.19 bits per heavy atom. The smallest absolute Gasteiger partial charge is 0.135 e. The third-order valence-electron chi connectivity index (χ3n) is 3.25. The summed E-state index contributed by atoms with van der Waals surface area (Å²) >= 11 is 6.05. The maximum absolute atomic E-state index is 6.05. The first-order chi connectivity index (χ1) is 9.75. The Morgan fingerprint density at radius 2 is 1.67 bits per heavy atom. The first-order valence-electron chi connectivity index (χ1n) is 7.18. The number of halogens is 1. The molecule has 0 unspecified atom stereocenters. The summed E-state index contributed by atoms with van der Waals surface area (Å²) in [5, 5.41) is 3.74. The van der Waals surface area contributed by atoms with Crippen molar-refractivity contribution in [2.24, 2.45) is 0 Å². The Morgan fingerprint density at radius 1 is 1.05 bits per heavy atom. The molecule has 0 bridgehead atoms. The van der Waals surface area contributed by atoms with Gasteiger partial charge in [-0.25, -0.2) is 9.97 Å². The Kier molecular flexibility index (Phi) is 4.52. The molecule has 1 aromatic carbocycles. The van der Waals surface area contributed by atoms with Gasteiger partial charge >= 0.3 is 0 Å². The van der Waals surface area contributed by atoms with Crippen molar-refractivity contribution in [1.82, 2.24) is 9.97 Å². The van der Waals surface area contributed by atoms with Crippen LogP contribution in [0.3, 0.4) is 0 Å². The summed E-state index contributed by atoms with van der Waals surface area (Å²) in [4.78, 5) is 8.73. The Balaban J connectivity index is 2.22. The molecule has 0 amide bonds. The molecule has 0 saturated heterocycles. The van der Waals surface area contributed by atoms with Crippen LogP contribution in [0.2, 0.25) is 5.15 Å². The molecule has 0 atom stereocenters. The fraction of sp³-hybridized carbons (Fsp3) is 0.412. The van der Waals surface area contributed by atoms with E-state index in [-0.39, 0.29) is 11.3 Å². The standard InChI is InChI=1S/C17H22ClN3/c1-11(2)16-20-14(18)10-15(21-16)19-13-8-6-12(7-9-13)17(3,4)5/h6-11H,1-5H3,(H,19,20,21). The molecule has 0 spiro atoms. The van der Waals surface area contributed by atoms with Gasteiger partial charge in [-0.15, -0.1) is 0 Å². The van der Waals surface area contributed by atoms with E-state index in [2.05, 4.69) is 60.3 Å². The van der Waals surface area contributed by atoms with E-state index in [1.165, 1.54) is 5.56 Å². The number of rotatable bonds is 3. The van der Waals surface area contributed by atoms with E-state index in [1.807, 2.05) is 13.8 Å². The molecule has 2 aromatic rings. The fourth-order valence-electron chi connectivity index (χ4n) is 1.96. The summed E-state index contributed by atoms with van der Waals surface area (Å²) in [6.07, 6.45) is 0. The molecule has 0 fully saturated rings. The predicted octanol–water partition coefficient (Wildman–Crippen LogP) is 5.29. The summed E-state index contributed by atoms with van der Waals surface area (Å²) in [5.41, 5.74) is 2.45. The highest BCUT2D eigenvalue weighted by molar-refractivity contribution is 6.29. The van der Waals surface area contributed by atoms with Crippen molar-refractivity contribution in [2.45, 2.75) is 46.0 Å². The predicted molar refractivity (Wildman–Crippen MR) is 89.6 cm³/mol. The lowest BCUT2D eigenvalue weighted by Gasteiger charge is -2.19. The number of nitrogens with zero attached hydrogens (tertiary/aromatic N) is 2. The molecule has 21 heavy (non-hydrogen) atoms. The van der Waals surface area contributed by atoms with Gasteiger partial charge < -0.3 is 5.32 Å². The van der Waals surface area contributed by atoms with Crippen molar-refractivity contribution in [3.63, 3.8) is 0 Å². The molecular formula is C17H22ClN3. The van der Waals surface area contributed by atoms with Crippen molar-refractivity contribution >= 4 is 23.1 Å². The van der Waals surface area contributed by atoms with Crippen LogP contribution >= 0.6 is 11.6 Å². The molecular weight excluding hydrogens is 282 g/mol. The molecule has 3 nitrogen and oxygen atoms in total. The molecule has 0 aliphatic carbocycles. The quantitative estimate of drug-likeness (QED) is 0.782. The lowest BCUT2D eigenvalue weighted by Crippen LogP contribution is -2.10. The molecule has 1 N–H and O–H groups in total. The highest BCUT2D eigenvalue weighted by Gasteiger charge is 2.13. The zero-order chi connectivity index (χ0) is 15.6. The Bertz CT molecular complexity index is 613. The minimum absolute atomic E-state index is 0.154. The lowest BCUT2D eigenvalue weighted by molar-refractivity contribution is 0.590. The second kappa shape index (κ2) is 6.02. The Labute approximate surface area is 131 Å². The number of aromatic nitrogens is 2. The zero-order valence-electron chi connectivity index (χ0n) is 13.2. The fourth-order valence-corrected chi connectivity index (χ4v) is 2.15. The van der Waals surface area contributed by atoms with E-state index in [4.69, 9.17) is 11.6 Å². The zero-order valence-corrected chi connectivity index (χ0v) is 14.0. The van der Waals surface area contributed by atoms with Gasteiger partial charge in [-0.3, -0.25) is 0 Å². The number of hydrogen-bond acceptors (Lipinski definition) is 3. The van der Waals surface area contributed by atoms with E-state index >= 15 is 0 Å². The van der Waals surface area contributed by atoms with Gasteiger partial charge in [0, 0.05) is 17.7 Å². The second-order valence-electron chi connectivity index (χ2n) is 6.54. The topological polar surface area (TPSA) is 37.8 Å². The van der Waals surface area contributed by atoms with Gasteiger partial charge in [-0.1, -0.05) is 58.4 Å². The van der Waals surface area contributed by atoms with Crippen LogP contribution in [0.1, 0.15) is 51.9 Å². The van der Waals surface area contributed by atoms with Gasteiger partial charge in [-0.05, 0) is 23.1 Å². The van der Waals surface area contributed by atoms with E-state index in [0.717, 1.165) is 17.3 Å². The van der Waals surface area contributed by atoms with Crippen LogP contribution in [-0.2, 0) is 5.41 Å². The maximum atomic E-state index is 6.05. The number of anilines is 2. The number of hydrogen-bond donors (Lipinski definition) is 1. The third-order valence-corrected chi connectivity index (χ3v) is 3.45. The SMILES string of the molecule is CC(C)c1nc(Cl)cc(Nc2ccc(C(C)(C)C)cc2)n1. The normalized spacial score (nSPS) is 11.8. The maximum Gasteiger partial charge on any atom is 0.135 e. The monoisotopic (exact) mass is 303 g/mol. The van der Waals surface area contributed by atoms with Gasteiger partial charge in [-0.2, -0.15) is 0 Å². The summed E-state index contributed by atoms with van der Waals surface area (Å²) < 4.78 is 0. The van der Waals surface area contributed by atoms with Crippen LogP contribution in [0.15, 0.2) is 30.3 Å². The van der Waals surface area contributed by atoms with Crippen molar-refractivity contribution < 1.29 is 0 Å². The highest BCUT2D eigenvalue weighted by Crippen LogP contribution is 2.25. The minimum Gasteiger partial charge on any atom is -0.340 e. The van der Waals surface area contributed by atoms with Crippen LogP contribution in [-0.4, -0.2) is 9.97 Å². The first-order valence-corrected chi connectivity index (χ1v) is 7.55. The van der Waals surface area contributed by atoms with Crippen LogP contribution in [0.4, 0.5) is 11.5 Å². The van der Waals surface area contributed by atoms with Crippen LogP contribution in [0.5, 0.6) is 0 Å². The summed E-state index contributed by atoms with van der Waals surface area (Å²) in [7, 11) is 0. The van der Waals surface area contributed by atoms with Crippen molar-refractivity contribution in [3.8, 4) is 0 Å². The molecule has 0 saturated carbocycles. The third kappa shape index (κ3) is 4.18. The lowest BCUT2D eigenvalue weighted by atomic mass is 9.87. The minimum atomic E-state index is 0.154. The molecule has 2 rings (SSSR count). The molecule has 112 valence electrons. The molecule has 4 heteroatoms. The van der Waals surface area contributed by atoms with E-state index in [9.17, 15) is 0 Å². The van der Waals surface area contributed by atoms with Gasteiger partial charge in [0.1, 0.15) is 16.8 Å². The number of benzene rings is 1. The van der Waals surface area contributed by atoms with Crippen molar-refractivity contribution in [1.29, 1.82) is 0 Å². The van der Waals surface area contributed by atoms with Crippen LogP contribution < -0.4 is 5.32 Å². The molecule has 0 radical (unpaired) electrons.